The smallest absolute Gasteiger partial charge is 0.169 e. The first-order valence-electron chi connectivity index (χ1n) is 5.56. The van der Waals surface area contributed by atoms with Crippen molar-refractivity contribution in [3.8, 4) is 6.07 Å². The average molecular weight is 215 g/mol. The summed E-state index contributed by atoms with van der Waals surface area (Å²) in [4.78, 5) is 2.20. The number of aromatic nitrogens is 2. The summed E-state index contributed by atoms with van der Waals surface area (Å²) >= 11 is 0. The highest BCUT2D eigenvalue weighted by atomic mass is 15.3. The molecule has 5 nitrogen and oxygen atoms in total. The first-order valence-corrected chi connectivity index (χ1v) is 5.56. The van der Waals surface area contributed by atoms with Gasteiger partial charge in [0.05, 0.1) is 11.8 Å². The van der Waals surface area contributed by atoms with Gasteiger partial charge in [0.25, 0.3) is 0 Å². The largest absolute Gasteiger partial charge is 0.353 e. The van der Waals surface area contributed by atoms with Crippen molar-refractivity contribution in [2.45, 2.75) is 0 Å². The lowest BCUT2D eigenvalue weighted by Gasteiger charge is -2.18. The molecule has 3 heterocycles. The quantitative estimate of drug-likeness (QED) is 0.714. The highest BCUT2D eigenvalue weighted by Gasteiger charge is 2.37. The molecule has 0 spiro atoms. The molecule has 2 aliphatic heterocycles. The first-order chi connectivity index (χ1) is 7.88. The molecule has 0 aliphatic carbocycles. The zero-order valence-corrected chi connectivity index (χ0v) is 8.93. The number of hydrogen-bond donors (Lipinski definition) is 1. The van der Waals surface area contributed by atoms with Crippen LogP contribution in [0.5, 0.6) is 0 Å². The highest BCUT2D eigenvalue weighted by Crippen LogP contribution is 2.30. The Balaban J connectivity index is 1.86. The van der Waals surface area contributed by atoms with Crippen LogP contribution in [0.15, 0.2) is 12.3 Å². The van der Waals surface area contributed by atoms with Crippen LogP contribution >= 0.6 is 0 Å². The molecular weight excluding hydrogens is 202 g/mol. The van der Waals surface area contributed by atoms with Crippen LogP contribution in [-0.4, -0.2) is 36.4 Å². The maximum absolute atomic E-state index is 9.02. The minimum Gasteiger partial charge on any atom is -0.353 e. The minimum atomic E-state index is 0.628. The van der Waals surface area contributed by atoms with Gasteiger partial charge >= 0.3 is 0 Å². The van der Waals surface area contributed by atoms with Gasteiger partial charge in [-0.3, -0.25) is 0 Å². The standard InChI is InChI=1S/C11H13N5/c12-3-8-1-2-14-15-11(8)16-6-9-4-13-5-10(9)7-16/h1-2,9-10,13H,4-7H2. The van der Waals surface area contributed by atoms with E-state index in [2.05, 4.69) is 26.5 Å². The monoisotopic (exact) mass is 215 g/mol. The summed E-state index contributed by atoms with van der Waals surface area (Å²) in [5, 5.41) is 20.4. The summed E-state index contributed by atoms with van der Waals surface area (Å²) in [6, 6.07) is 3.91. The Hall–Kier alpha value is -1.67. The highest BCUT2D eigenvalue weighted by molar-refractivity contribution is 5.53. The third-order valence-corrected chi connectivity index (χ3v) is 3.51. The number of fused-ring (bicyclic) bond motifs is 1. The Kier molecular flexibility index (Phi) is 2.22. The zero-order valence-electron chi connectivity index (χ0n) is 8.93. The van der Waals surface area contributed by atoms with Crippen LogP contribution in [0.4, 0.5) is 5.82 Å². The fraction of sp³-hybridized carbons (Fsp3) is 0.545. The first kappa shape index (κ1) is 9.55. The fourth-order valence-electron chi connectivity index (χ4n) is 2.67. The van der Waals surface area contributed by atoms with Crippen LogP contribution < -0.4 is 10.2 Å². The van der Waals surface area contributed by atoms with Gasteiger partial charge in [-0.25, -0.2) is 0 Å². The number of rotatable bonds is 1. The normalized spacial score (nSPS) is 27.8. The van der Waals surface area contributed by atoms with E-state index in [0.29, 0.717) is 17.4 Å². The molecular formula is C11H13N5. The average Bonchev–Trinajstić information content (AvgIpc) is 2.89. The molecule has 5 heteroatoms. The van der Waals surface area contributed by atoms with Gasteiger partial charge in [0.2, 0.25) is 0 Å². The number of anilines is 1. The van der Waals surface area contributed by atoms with Crippen molar-refractivity contribution in [2.24, 2.45) is 11.8 Å². The second-order valence-corrected chi connectivity index (χ2v) is 4.46. The van der Waals surface area contributed by atoms with Gasteiger partial charge in [0, 0.05) is 26.2 Å². The predicted octanol–water partition coefficient (Wildman–Crippen LogP) is 0.00388. The van der Waals surface area contributed by atoms with Crippen LogP contribution in [-0.2, 0) is 0 Å². The third-order valence-electron chi connectivity index (χ3n) is 3.51. The van der Waals surface area contributed by atoms with Crippen LogP contribution in [0.3, 0.4) is 0 Å². The topological polar surface area (TPSA) is 64.8 Å². The molecule has 16 heavy (non-hydrogen) atoms. The van der Waals surface area contributed by atoms with Crippen LogP contribution in [0.25, 0.3) is 0 Å². The van der Waals surface area contributed by atoms with Crippen molar-refractivity contribution in [1.29, 1.82) is 5.26 Å². The fourth-order valence-corrected chi connectivity index (χ4v) is 2.67. The van der Waals surface area contributed by atoms with Gasteiger partial charge in [0.15, 0.2) is 5.82 Å². The molecule has 0 radical (unpaired) electrons. The van der Waals surface area contributed by atoms with Gasteiger partial charge in [0.1, 0.15) is 6.07 Å². The number of nitriles is 1. The van der Waals surface area contributed by atoms with E-state index in [9.17, 15) is 0 Å². The van der Waals surface area contributed by atoms with Crippen molar-refractivity contribution < 1.29 is 0 Å². The molecule has 0 amide bonds. The molecule has 2 aliphatic rings. The number of hydrogen-bond acceptors (Lipinski definition) is 5. The van der Waals surface area contributed by atoms with Gasteiger partial charge < -0.3 is 10.2 Å². The molecule has 2 atom stereocenters. The van der Waals surface area contributed by atoms with E-state index in [1.54, 1.807) is 12.3 Å². The Morgan fingerprint density at radius 3 is 2.81 bits per heavy atom. The van der Waals surface area contributed by atoms with E-state index in [4.69, 9.17) is 5.26 Å². The lowest BCUT2D eigenvalue weighted by Crippen LogP contribution is -2.27. The molecule has 1 N–H and O–H groups in total. The number of nitrogens with one attached hydrogen (secondary N) is 1. The summed E-state index contributed by atoms with van der Waals surface area (Å²) in [5.74, 6) is 2.15. The molecule has 2 unspecified atom stereocenters. The molecule has 0 aromatic carbocycles. The van der Waals surface area contributed by atoms with E-state index in [0.717, 1.165) is 32.0 Å². The molecule has 2 saturated heterocycles. The second kappa shape index (κ2) is 3.72. The van der Waals surface area contributed by atoms with Gasteiger partial charge in [-0.1, -0.05) is 0 Å². The molecule has 1 aromatic rings. The van der Waals surface area contributed by atoms with Gasteiger partial charge in [-0.2, -0.15) is 10.4 Å². The number of nitrogens with zero attached hydrogens (tertiary/aromatic N) is 4. The third kappa shape index (κ3) is 1.42. The lowest BCUT2D eigenvalue weighted by atomic mass is 10.0. The van der Waals surface area contributed by atoms with Crippen molar-refractivity contribution in [3.63, 3.8) is 0 Å². The van der Waals surface area contributed by atoms with Crippen molar-refractivity contribution in [3.05, 3.63) is 17.8 Å². The zero-order chi connectivity index (χ0) is 11.0. The van der Waals surface area contributed by atoms with E-state index in [1.165, 1.54) is 0 Å². The Morgan fingerprint density at radius 2 is 2.12 bits per heavy atom. The van der Waals surface area contributed by atoms with Crippen LogP contribution in [0.1, 0.15) is 5.56 Å². The van der Waals surface area contributed by atoms with Crippen molar-refractivity contribution in [1.82, 2.24) is 15.5 Å². The Bertz CT molecular complexity index is 426. The summed E-state index contributed by atoms with van der Waals surface area (Å²) in [7, 11) is 0. The lowest BCUT2D eigenvalue weighted by molar-refractivity contribution is 0.533. The van der Waals surface area contributed by atoms with Crippen LogP contribution in [0.2, 0.25) is 0 Å². The molecule has 82 valence electrons. The maximum atomic E-state index is 9.02. The summed E-state index contributed by atoms with van der Waals surface area (Å²) < 4.78 is 0. The molecule has 1 aromatic heterocycles. The summed E-state index contributed by atoms with van der Waals surface area (Å²) in [6.45, 7) is 4.16. The maximum Gasteiger partial charge on any atom is 0.169 e. The molecule has 0 saturated carbocycles. The van der Waals surface area contributed by atoms with Crippen LogP contribution in [0, 0.1) is 23.2 Å². The Labute approximate surface area is 94.1 Å². The summed E-state index contributed by atoms with van der Waals surface area (Å²) in [6.07, 6.45) is 1.57. The molecule has 2 fully saturated rings. The second-order valence-electron chi connectivity index (χ2n) is 4.46. The van der Waals surface area contributed by atoms with Gasteiger partial charge in [-0.15, -0.1) is 5.10 Å². The van der Waals surface area contributed by atoms with E-state index >= 15 is 0 Å². The summed E-state index contributed by atoms with van der Waals surface area (Å²) in [5.41, 5.74) is 0.628. The molecule has 0 bridgehead atoms. The minimum absolute atomic E-state index is 0.628. The SMILES string of the molecule is N#Cc1ccnnc1N1CC2CNCC2C1. The van der Waals surface area contributed by atoms with Crippen molar-refractivity contribution in [2.75, 3.05) is 31.1 Å². The van der Waals surface area contributed by atoms with Gasteiger partial charge in [-0.05, 0) is 17.9 Å². The van der Waals surface area contributed by atoms with E-state index in [1.807, 2.05) is 0 Å². The van der Waals surface area contributed by atoms with Crippen molar-refractivity contribution >= 4 is 5.82 Å². The predicted molar refractivity (Wildman–Crippen MR) is 58.8 cm³/mol. The Morgan fingerprint density at radius 1 is 1.38 bits per heavy atom. The van der Waals surface area contributed by atoms with E-state index in [-0.39, 0.29) is 0 Å². The molecule has 3 rings (SSSR count). The van der Waals surface area contributed by atoms with E-state index < -0.39 is 0 Å².